The van der Waals surface area contributed by atoms with E-state index in [0.717, 1.165) is 18.8 Å². The zero-order valence-electron chi connectivity index (χ0n) is 10.1. The first kappa shape index (κ1) is 11.6. The lowest BCUT2D eigenvalue weighted by atomic mass is 10.1. The average Bonchev–Trinajstić information content (AvgIpc) is 2.93. The van der Waals surface area contributed by atoms with Gasteiger partial charge in [0.1, 0.15) is 6.54 Å². The molecule has 0 radical (unpaired) electrons. The van der Waals surface area contributed by atoms with Crippen LogP contribution in [0.2, 0.25) is 0 Å². The Kier molecular flexibility index (Phi) is 2.99. The highest BCUT2D eigenvalue weighted by atomic mass is 32.2. The number of thioether (sulfide) groups is 1. The van der Waals surface area contributed by atoms with Crippen LogP contribution in [0, 0.1) is 0 Å². The molecule has 0 spiro atoms. The van der Waals surface area contributed by atoms with Crippen LogP contribution in [-0.4, -0.2) is 45.9 Å². The standard InChI is InChI=1S/C13H15N3OS/c14-12(17)9-16-11(10-4-2-1-3-5-10)8-15-6-7-18-13(15)16/h1-5,11H,6-9H2,(H-,14,17)/p+1. The normalized spacial score (nSPS) is 22.4. The Morgan fingerprint density at radius 3 is 2.94 bits per heavy atom. The molecular formula is C13H16N3OS+. The Hall–Kier alpha value is -1.49. The maximum absolute atomic E-state index is 11.3. The minimum atomic E-state index is -0.266. The molecule has 2 aliphatic rings. The maximum atomic E-state index is 11.3. The van der Waals surface area contributed by atoms with Gasteiger partial charge in [-0.25, -0.2) is 4.90 Å². The minimum Gasteiger partial charge on any atom is -0.366 e. The van der Waals surface area contributed by atoms with Crippen LogP contribution in [-0.2, 0) is 4.79 Å². The summed E-state index contributed by atoms with van der Waals surface area (Å²) in [6.07, 6.45) is 0. The molecule has 3 rings (SSSR count). The highest BCUT2D eigenvalue weighted by Gasteiger charge is 2.43. The minimum absolute atomic E-state index is 0.251. The lowest BCUT2D eigenvalue weighted by Gasteiger charge is -2.19. The van der Waals surface area contributed by atoms with Gasteiger partial charge in [-0.15, -0.1) is 0 Å². The third-order valence-corrected chi connectivity index (χ3v) is 4.53. The highest BCUT2D eigenvalue weighted by molar-refractivity contribution is 8.13. The Balaban J connectivity index is 1.89. The molecule has 94 valence electrons. The quantitative estimate of drug-likeness (QED) is 0.814. The summed E-state index contributed by atoms with van der Waals surface area (Å²) < 4.78 is 2.35. The average molecular weight is 262 g/mol. The summed E-state index contributed by atoms with van der Waals surface area (Å²) in [5.74, 6) is 0.837. The van der Waals surface area contributed by atoms with Gasteiger partial charge in [0.2, 0.25) is 0 Å². The van der Waals surface area contributed by atoms with Gasteiger partial charge in [-0.2, -0.15) is 0 Å². The molecule has 5 heteroatoms. The molecule has 0 aliphatic carbocycles. The zero-order valence-corrected chi connectivity index (χ0v) is 10.9. The van der Waals surface area contributed by atoms with Crippen molar-refractivity contribution in [1.29, 1.82) is 0 Å². The molecule has 1 aromatic rings. The van der Waals surface area contributed by atoms with Crippen LogP contribution >= 0.6 is 11.8 Å². The van der Waals surface area contributed by atoms with Gasteiger partial charge in [-0.3, -0.25) is 9.37 Å². The molecule has 2 N–H and O–H groups in total. The number of amidine groups is 1. The van der Waals surface area contributed by atoms with Crippen LogP contribution in [0.5, 0.6) is 0 Å². The number of rotatable bonds is 3. The third kappa shape index (κ3) is 1.99. The number of carbonyl (C=O) groups excluding carboxylic acids is 1. The van der Waals surface area contributed by atoms with Crippen molar-refractivity contribution in [2.45, 2.75) is 6.04 Å². The Morgan fingerprint density at radius 2 is 2.22 bits per heavy atom. The highest BCUT2D eigenvalue weighted by Crippen LogP contribution is 2.32. The van der Waals surface area contributed by atoms with Gasteiger partial charge in [-0.1, -0.05) is 30.3 Å². The van der Waals surface area contributed by atoms with E-state index in [1.807, 2.05) is 30.0 Å². The van der Waals surface area contributed by atoms with E-state index in [9.17, 15) is 4.79 Å². The number of hydrogen-bond acceptors (Lipinski definition) is 3. The van der Waals surface area contributed by atoms with Crippen molar-refractivity contribution in [3.8, 4) is 0 Å². The van der Waals surface area contributed by atoms with E-state index >= 15 is 0 Å². The van der Waals surface area contributed by atoms with Crippen molar-refractivity contribution < 1.29 is 9.37 Å². The molecule has 0 fully saturated rings. The first-order chi connectivity index (χ1) is 8.75. The van der Waals surface area contributed by atoms with Crippen molar-refractivity contribution >= 4 is 22.8 Å². The maximum Gasteiger partial charge on any atom is 0.309 e. The van der Waals surface area contributed by atoms with Gasteiger partial charge >= 0.3 is 5.17 Å². The molecule has 1 amide bonds. The second-order valence-electron chi connectivity index (χ2n) is 4.60. The van der Waals surface area contributed by atoms with Crippen molar-refractivity contribution in [3.63, 3.8) is 0 Å². The number of benzene rings is 1. The van der Waals surface area contributed by atoms with Crippen LogP contribution in [0.15, 0.2) is 30.3 Å². The Bertz CT molecular complexity index is 500. The first-order valence-electron chi connectivity index (χ1n) is 6.10. The summed E-state index contributed by atoms with van der Waals surface area (Å²) in [5, 5.41) is 1.21. The summed E-state index contributed by atoms with van der Waals surface area (Å²) in [4.78, 5) is 13.4. The topological polar surface area (TPSA) is 49.3 Å². The first-order valence-corrected chi connectivity index (χ1v) is 7.09. The third-order valence-electron chi connectivity index (χ3n) is 3.39. The molecule has 18 heavy (non-hydrogen) atoms. The summed E-state index contributed by atoms with van der Waals surface area (Å²) >= 11 is 1.82. The van der Waals surface area contributed by atoms with Gasteiger partial charge < -0.3 is 5.73 Å². The number of nitrogens with zero attached hydrogens (tertiary/aromatic N) is 2. The summed E-state index contributed by atoms with van der Waals surface area (Å²) in [5.41, 5.74) is 6.62. The second-order valence-corrected chi connectivity index (χ2v) is 5.66. The van der Waals surface area contributed by atoms with E-state index in [-0.39, 0.29) is 11.9 Å². The molecule has 2 heterocycles. The Labute approximate surface area is 110 Å². The van der Waals surface area contributed by atoms with Gasteiger partial charge in [0.25, 0.3) is 5.91 Å². The van der Waals surface area contributed by atoms with Crippen LogP contribution in [0.3, 0.4) is 0 Å². The number of hydrogen-bond donors (Lipinski definition) is 1. The molecule has 0 bridgehead atoms. The monoisotopic (exact) mass is 262 g/mol. The molecule has 4 nitrogen and oxygen atoms in total. The van der Waals surface area contributed by atoms with Gasteiger partial charge in [0.05, 0.1) is 6.54 Å². The molecule has 1 unspecified atom stereocenters. The predicted octanol–water partition coefficient (Wildman–Crippen LogP) is 0.644. The fraction of sp³-hybridized carbons (Fsp3) is 0.385. The molecule has 0 saturated carbocycles. The fourth-order valence-corrected chi connectivity index (χ4v) is 3.82. The molecular weight excluding hydrogens is 246 g/mol. The van der Waals surface area contributed by atoms with Gasteiger partial charge in [0.15, 0.2) is 12.6 Å². The second kappa shape index (κ2) is 4.65. The van der Waals surface area contributed by atoms with Crippen LogP contribution < -0.4 is 5.73 Å². The summed E-state index contributed by atoms with van der Waals surface area (Å²) in [6, 6.07) is 10.6. The Morgan fingerprint density at radius 1 is 1.44 bits per heavy atom. The predicted molar refractivity (Wildman–Crippen MR) is 72.5 cm³/mol. The zero-order chi connectivity index (χ0) is 12.5. The number of nitrogens with two attached hydrogens (primary N) is 1. The summed E-state index contributed by atoms with van der Waals surface area (Å²) in [6.45, 7) is 2.33. The molecule has 0 aromatic heterocycles. The van der Waals surface area contributed by atoms with E-state index in [4.69, 9.17) is 5.73 Å². The lowest BCUT2D eigenvalue weighted by molar-refractivity contribution is -0.511. The van der Waals surface area contributed by atoms with Crippen molar-refractivity contribution in [1.82, 2.24) is 4.90 Å². The van der Waals surface area contributed by atoms with Crippen molar-refractivity contribution in [3.05, 3.63) is 35.9 Å². The number of carbonyl (C=O) groups is 1. The molecule has 2 aliphatic heterocycles. The summed E-state index contributed by atoms with van der Waals surface area (Å²) in [7, 11) is 0. The molecule has 1 atom stereocenters. The fourth-order valence-electron chi connectivity index (χ4n) is 2.61. The van der Waals surface area contributed by atoms with Crippen LogP contribution in [0.4, 0.5) is 0 Å². The van der Waals surface area contributed by atoms with E-state index in [1.165, 1.54) is 10.7 Å². The lowest BCUT2D eigenvalue weighted by Crippen LogP contribution is -2.37. The van der Waals surface area contributed by atoms with E-state index in [1.54, 1.807) is 0 Å². The molecule has 1 aromatic carbocycles. The SMILES string of the molecule is NC(=O)CN1C2=[N+](CCS2)CC1c1ccccc1. The van der Waals surface area contributed by atoms with E-state index in [2.05, 4.69) is 21.6 Å². The van der Waals surface area contributed by atoms with Crippen LogP contribution in [0.25, 0.3) is 0 Å². The smallest absolute Gasteiger partial charge is 0.309 e. The van der Waals surface area contributed by atoms with Gasteiger partial charge in [0, 0.05) is 11.3 Å². The largest absolute Gasteiger partial charge is 0.366 e. The number of primary amides is 1. The van der Waals surface area contributed by atoms with Crippen molar-refractivity contribution in [2.75, 3.05) is 25.4 Å². The van der Waals surface area contributed by atoms with Gasteiger partial charge in [-0.05, 0) is 11.8 Å². The van der Waals surface area contributed by atoms with Crippen molar-refractivity contribution in [2.24, 2.45) is 5.73 Å². The van der Waals surface area contributed by atoms with E-state index in [0.29, 0.717) is 6.54 Å². The molecule has 0 saturated heterocycles. The number of amides is 1. The van der Waals surface area contributed by atoms with E-state index < -0.39 is 0 Å². The van der Waals surface area contributed by atoms with Crippen LogP contribution in [0.1, 0.15) is 11.6 Å².